The third-order valence-corrected chi connectivity index (χ3v) is 4.09. The fourth-order valence-corrected chi connectivity index (χ4v) is 2.96. The summed E-state index contributed by atoms with van der Waals surface area (Å²) in [7, 11) is 0. The molecule has 120 valence electrons. The van der Waals surface area contributed by atoms with Crippen molar-refractivity contribution in [3.8, 4) is 0 Å². The number of hydrogen-bond acceptors (Lipinski definition) is 6. The molecule has 0 aliphatic carbocycles. The molecule has 0 spiro atoms. The van der Waals surface area contributed by atoms with E-state index in [1.807, 2.05) is 20.0 Å². The number of nitrogens with one attached hydrogen (secondary N) is 1. The van der Waals surface area contributed by atoms with E-state index in [1.165, 1.54) is 18.5 Å². The molecule has 0 amide bonds. The molecular weight excluding hydrogens is 282 g/mol. The van der Waals surface area contributed by atoms with Crippen LogP contribution in [-0.2, 0) is 11.3 Å². The van der Waals surface area contributed by atoms with Crippen molar-refractivity contribution >= 4 is 0 Å². The van der Waals surface area contributed by atoms with E-state index in [-0.39, 0.29) is 6.10 Å². The molecule has 2 atom stereocenters. The number of piperidine rings is 1. The van der Waals surface area contributed by atoms with Gasteiger partial charge in [0.25, 0.3) is 0 Å². The van der Waals surface area contributed by atoms with E-state index in [0.717, 1.165) is 13.1 Å². The van der Waals surface area contributed by atoms with E-state index in [9.17, 15) is 0 Å². The maximum absolute atomic E-state index is 5.49. The predicted molar refractivity (Wildman–Crippen MR) is 80.2 cm³/mol. The molecule has 2 aromatic rings. The summed E-state index contributed by atoms with van der Waals surface area (Å²) in [5.74, 6) is 1.78. The van der Waals surface area contributed by atoms with E-state index >= 15 is 0 Å². The summed E-state index contributed by atoms with van der Waals surface area (Å²) in [5.41, 5.74) is 1.21. The minimum atomic E-state index is -0.124. The highest BCUT2D eigenvalue weighted by Crippen LogP contribution is 2.26. The van der Waals surface area contributed by atoms with Crippen molar-refractivity contribution in [2.24, 2.45) is 0 Å². The molecule has 0 aromatic carbocycles. The molecular formula is C15H23N5O2. The first-order valence-electron chi connectivity index (χ1n) is 7.92. The SMILES string of the molecule is CCO[C@@H](C)c1noc(CN2CCC[C@@H](c3ccn[nH]3)C2)n1. The zero-order valence-corrected chi connectivity index (χ0v) is 13.2. The van der Waals surface area contributed by atoms with Crippen molar-refractivity contribution in [2.75, 3.05) is 19.7 Å². The van der Waals surface area contributed by atoms with Gasteiger partial charge in [0, 0.05) is 31.0 Å². The van der Waals surface area contributed by atoms with Gasteiger partial charge in [0.05, 0.1) is 6.54 Å². The summed E-state index contributed by atoms with van der Waals surface area (Å²) in [6.07, 6.45) is 4.05. The lowest BCUT2D eigenvalue weighted by Gasteiger charge is -2.30. The Labute approximate surface area is 130 Å². The highest BCUT2D eigenvalue weighted by molar-refractivity contribution is 5.07. The largest absolute Gasteiger partial charge is 0.371 e. The average Bonchev–Trinajstić information content (AvgIpc) is 3.19. The minimum Gasteiger partial charge on any atom is -0.371 e. The Morgan fingerprint density at radius 2 is 2.45 bits per heavy atom. The molecule has 1 aliphatic heterocycles. The Kier molecular flexibility index (Phi) is 4.84. The van der Waals surface area contributed by atoms with Crippen LogP contribution in [0.2, 0.25) is 0 Å². The zero-order valence-electron chi connectivity index (χ0n) is 13.2. The van der Waals surface area contributed by atoms with E-state index in [0.29, 0.717) is 30.8 Å². The number of likely N-dealkylation sites (tertiary alicyclic amines) is 1. The van der Waals surface area contributed by atoms with Gasteiger partial charge in [0.1, 0.15) is 6.10 Å². The highest BCUT2D eigenvalue weighted by Gasteiger charge is 2.24. The van der Waals surface area contributed by atoms with Crippen LogP contribution in [0.4, 0.5) is 0 Å². The van der Waals surface area contributed by atoms with Gasteiger partial charge in [0.15, 0.2) is 5.82 Å². The van der Waals surface area contributed by atoms with Crippen LogP contribution in [0, 0.1) is 0 Å². The van der Waals surface area contributed by atoms with Crippen LogP contribution in [0.1, 0.15) is 56.1 Å². The molecule has 0 unspecified atom stereocenters. The molecule has 0 bridgehead atoms. The average molecular weight is 305 g/mol. The lowest BCUT2D eigenvalue weighted by Crippen LogP contribution is -2.34. The number of ether oxygens (including phenoxy) is 1. The van der Waals surface area contributed by atoms with Crippen LogP contribution in [-0.4, -0.2) is 44.9 Å². The Balaban J connectivity index is 1.58. The van der Waals surface area contributed by atoms with Gasteiger partial charge in [-0.2, -0.15) is 10.1 Å². The van der Waals surface area contributed by atoms with E-state index in [4.69, 9.17) is 9.26 Å². The number of rotatable bonds is 6. The third kappa shape index (κ3) is 3.53. The van der Waals surface area contributed by atoms with Gasteiger partial charge in [-0.15, -0.1) is 0 Å². The summed E-state index contributed by atoms with van der Waals surface area (Å²) in [6.45, 7) is 7.28. The van der Waals surface area contributed by atoms with Crippen molar-refractivity contribution < 1.29 is 9.26 Å². The van der Waals surface area contributed by atoms with Gasteiger partial charge in [-0.05, 0) is 39.3 Å². The molecule has 3 rings (SSSR count). The standard InChI is InChI=1S/C15H23N5O2/c1-3-21-11(2)15-17-14(22-19-15)10-20-8-4-5-12(9-20)13-6-7-16-18-13/h6-7,11-12H,3-5,8-10H2,1-2H3,(H,16,18)/t11-,12+/m0/s1. The Bertz CT molecular complexity index is 568. The quantitative estimate of drug-likeness (QED) is 0.882. The Morgan fingerprint density at radius 1 is 1.55 bits per heavy atom. The van der Waals surface area contributed by atoms with E-state index < -0.39 is 0 Å². The number of H-pyrrole nitrogens is 1. The molecule has 7 nitrogen and oxygen atoms in total. The first-order chi connectivity index (χ1) is 10.8. The first-order valence-corrected chi connectivity index (χ1v) is 7.92. The fourth-order valence-electron chi connectivity index (χ4n) is 2.96. The number of hydrogen-bond donors (Lipinski definition) is 1. The van der Waals surface area contributed by atoms with Crippen LogP contribution >= 0.6 is 0 Å². The zero-order chi connectivity index (χ0) is 15.4. The maximum atomic E-state index is 5.49. The highest BCUT2D eigenvalue weighted by atomic mass is 16.5. The van der Waals surface area contributed by atoms with Gasteiger partial charge < -0.3 is 9.26 Å². The third-order valence-electron chi connectivity index (χ3n) is 4.09. The Morgan fingerprint density at radius 3 is 3.23 bits per heavy atom. The minimum absolute atomic E-state index is 0.124. The number of aromatic nitrogens is 4. The van der Waals surface area contributed by atoms with Gasteiger partial charge in [-0.1, -0.05) is 5.16 Å². The van der Waals surface area contributed by atoms with Gasteiger partial charge in [-0.25, -0.2) is 0 Å². The maximum Gasteiger partial charge on any atom is 0.240 e. The number of aromatic amines is 1. The lowest BCUT2D eigenvalue weighted by atomic mass is 9.95. The predicted octanol–water partition coefficient (Wildman–Crippen LogP) is 2.27. The lowest BCUT2D eigenvalue weighted by molar-refractivity contribution is 0.0683. The smallest absolute Gasteiger partial charge is 0.240 e. The molecule has 3 heterocycles. The second-order valence-electron chi connectivity index (χ2n) is 5.73. The summed E-state index contributed by atoms with van der Waals surface area (Å²) < 4.78 is 10.8. The van der Waals surface area contributed by atoms with Crippen molar-refractivity contribution in [3.63, 3.8) is 0 Å². The van der Waals surface area contributed by atoms with Gasteiger partial charge in [0.2, 0.25) is 5.89 Å². The summed E-state index contributed by atoms with van der Waals surface area (Å²) in [6, 6.07) is 2.06. The molecule has 1 saturated heterocycles. The molecule has 0 saturated carbocycles. The van der Waals surface area contributed by atoms with E-state index in [1.54, 1.807) is 0 Å². The Hall–Kier alpha value is -1.73. The molecule has 7 heteroatoms. The van der Waals surface area contributed by atoms with Crippen LogP contribution in [0.3, 0.4) is 0 Å². The second-order valence-corrected chi connectivity index (χ2v) is 5.73. The fraction of sp³-hybridized carbons (Fsp3) is 0.667. The topological polar surface area (TPSA) is 80.1 Å². The van der Waals surface area contributed by atoms with Gasteiger partial charge >= 0.3 is 0 Å². The second kappa shape index (κ2) is 7.02. The van der Waals surface area contributed by atoms with Crippen molar-refractivity contribution in [1.82, 2.24) is 25.2 Å². The van der Waals surface area contributed by atoms with Crippen LogP contribution in [0.15, 0.2) is 16.8 Å². The van der Waals surface area contributed by atoms with Crippen LogP contribution in [0.5, 0.6) is 0 Å². The van der Waals surface area contributed by atoms with Crippen LogP contribution < -0.4 is 0 Å². The monoisotopic (exact) mass is 305 g/mol. The normalized spacial score (nSPS) is 21.1. The number of nitrogens with zero attached hydrogens (tertiary/aromatic N) is 4. The summed E-state index contributed by atoms with van der Waals surface area (Å²) in [4.78, 5) is 6.80. The first kappa shape index (κ1) is 15.2. The van der Waals surface area contributed by atoms with Gasteiger partial charge in [-0.3, -0.25) is 10.00 Å². The molecule has 22 heavy (non-hydrogen) atoms. The van der Waals surface area contributed by atoms with Crippen LogP contribution in [0.25, 0.3) is 0 Å². The molecule has 1 aliphatic rings. The van der Waals surface area contributed by atoms with Crippen molar-refractivity contribution in [1.29, 1.82) is 0 Å². The molecule has 2 aromatic heterocycles. The van der Waals surface area contributed by atoms with E-state index in [2.05, 4.69) is 31.3 Å². The molecule has 0 radical (unpaired) electrons. The molecule has 1 N–H and O–H groups in total. The van der Waals surface area contributed by atoms with Crippen molar-refractivity contribution in [2.45, 2.75) is 45.3 Å². The summed E-state index contributed by atoms with van der Waals surface area (Å²) >= 11 is 0. The summed E-state index contributed by atoms with van der Waals surface area (Å²) in [5, 5.41) is 11.1. The van der Waals surface area contributed by atoms with Crippen molar-refractivity contribution in [3.05, 3.63) is 29.7 Å². The molecule has 1 fully saturated rings.